The Hall–Kier alpha value is -0.840. The van der Waals surface area contributed by atoms with Crippen molar-refractivity contribution in [3.05, 3.63) is 0 Å². The number of nitrogens with zero attached hydrogens (tertiary/aromatic N) is 1. The minimum atomic E-state index is 0.322. The van der Waals surface area contributed by atoms with E-state index in [0.29, 0.717) is 11.8 Å². The Morgan fingerprint density at radius 3 is 1.81 bits per heavy atom. The van der Waals surface area contributed by atoms with Crippen molar-refractivity contribution in [2.24, 2.45) is 23.7 Å². The summed E-state index contributed by atoms with van der Waals surface area (Å²) in [6.07, 6.45) is 10.5. The second-order valence-electron chi connectivity index (χ2n) is 5.55. The third kappa shape index (κ3) is 2.64. The van der Waals surface area contributed by atoms with Crippen molar-refractivity contribution in [1.29, 1.82) is 5.26 Å². The molecule has 2 nitrogen and oxygen atoms in total. The molecule has 88 valence electrons. The molecule has 2 aliphatic carbocycles. The van der Waals surface area contributed by atoms with E-state index in [9.17, 15) is 4.79 Å². The van der Waals surface area contributed by atoms with Gasteiger partial charge in [0.1, 0.15) is 6.29 Å². The normalized spacial score (nSPS) is 39.9. The maximum atomic E-state index is 10.7. The average molecular weight is 219 g/mol. The average Bonchev–Trinajstić information content (AvgIpc) is 2.39. The molecule has 0 unspecified atom stereocenters. The van der Waals surface area contributed by atoms with E-state index in [0.717, 1.165) is 43.8 Å². The standard InChI is InChI=1S/C14H21NO/c15-9-11-1-5-13(6-2-11)14-7-3-12(10-16)4-8-14/h10-14H,1-8H2/t11-,12?,13-,14?. The molecule has 2 heteroatoms. The van der Waals surface area contributed by atoms with Crippen LogP contribution in [0.5, 0.6) is 0 Å². The van der Waals surface area contributed by atoms with Gasteiger partial charge in [-0.2, -0.15) is 5.26 Å². The van der Waals surface area contributed by atoms with Gasteiger partial charge < -0.3 is 4.79 Å². The largest absolute Gasteiger partial charge is 0.303 e. The smallest absolute Gasteiger partial charge is 0.123 e. The first kappa shape index (κ1) is 11.6. The van der Waals surface area contributed by atoms with Crippen molar-refractivity contribution in [2.45, 2.75) is 51.4 Å². The lowest BCUT2D eigenvalue weighted by molar-refractivity contribution is -0.112. The van der Waals surface area contributed by atoms with Crippen LogP contribution in [0.15, 0.2) is 0 Å². The molecule has 0 spiro atoms. The van der Waals surface area contributed by atoms with Gasteiger partial charge in [0.15, 0.2) is 0 Å². The van der Waals surface area contributed by atoms with Crippen LogP contribution in [0.2, 0.25) is 0 Å². The predicted molar refractivity (Wildman–Crippen MR) is 62.6 cm³/mol. The summed E-state index contributed by atoms with van der Waals surface area (Å²) in [5, 5.41) is 8.87. The summed E-state index contributed by atoms with van der Waals surface area (Å²) in [7, 11) is 0. The van der Waals surface area contributed by atoms with Gasteiger partial charge >= 0.3 is 0 Å². The predicted octanol–water partition coefficient (Wildman–Crippen LogP) is 3.32. The molecule has 2 aliphatic rings. The Morgan fingerprint density at radius 2 is 1.38 bits per heavy atom. The molecule has 2 rings (SSSR count). The van der Waals surface area contributed by atoms with Crippen molar-refractivity contribution in [3.8, 4) is 6.07 Å². The van der Waals surface area contributed by atoms with E-state index in [-0.39, 0.29) is 0 Å². The molecule has 0 bridgehead atoms. The number of carbonyl (C=O) groups excluding carboxylic acids is 1. The molecule has 0 N–H and O–H groups in total. The van der Waals surface area contributed by atoms with Crippen molar-refractivity contribution >= 4 is 6.29 Å². The van der Waals surface area contributed by atoms with Gasteiger partial charge in [0.2, 0.25) is 0 Å². The molecule has 0 saturated heterocycles. The number of rotatable bonds is 2. The highest BCUT2D eigenvalue weighted by molar-refractivity contribution is 5.53. The van der Waals surface area contributed by atoms with Crippen molar-refractivity contribution < 1.29 is 4.79 Å². The van der Waals surface area contributed by atoms with E-state index in [1.54, 1.807) is 0 Å². The lowest BCUT2D eigenvalue weighted by Crippen LogP contribution is -2.25. The molecule has 0 amide bonds. The molecule has 0 aromatic carbocycles. The summed E-state index contributed by atoms with van der Waals surface area (Å²) in [6, 6.07) is 2.40. The number of hydrogen-bond donors (Lipinski definition) is 0. The highest BCUT2D eigenvalue weighted by Crippen LogP contribution is 2.40. The van der Waals surface area contributed by atoms with Gasteiger partial charge in [-0.1, -0.05) is 0 Å². The summed E-state index contributed by atoms with van der Waals surface area (Å²) >= 11 is 0. The molecular formula is C14H21NO. The Kier molecular flexibility index (Phi) is 3.98. The molecule has 2 saturated carbocycles. The third-order valence-electron chi connectivity index (χ3n) is 4.63. The summed E-state index contributed by atoms with van der Waals surface area (Å²) in [5.41, 5.74) is 0. The summed E-state index contributed by atoms with van der Waals surface area (Å²) in [5.74, 6) is 2.35. The van der Waals surface area contributed by atoms with Crippen molar-refractivity contribution in [1.82, 2.24) is 0 Å². The Bertz CT molecular complexity index is 265. The van der Waals surface area contributed by atoms with Gasteiger partial charge in [-0.25, -0.2) is 0 Å². The molecule has 0 aliphatic heterocycles. The molecule has 2 fully saturated rings. The summed E-state index contributed by atoms with van der Waals surface area (Å²) in [4.78, 5) is 10.7. The molecule has 0 atom stereocenters. The molecule has 16 heavy (non-hydrogen) atoms. The topological polar surface area (TPSA) is 40.9 Å². The first-order valence-corrected chi connectivity index (χ1v) is 6.68. The van der Waals surface area contributed by atoms with Crippen LogP contribution >= 0.6 is 0 Å². The molecule has 0 aromatic heterocycles. The first-order valence-electron chi connectivity index (χ1n) is 6.68. The number of nitriles is 1. The molecular weight excluding hydrogens is 198 g/mol. The fourth-order valence-electron chi connectivity index (χ4n) is 3.47. The van der Waals surface area contributed by atoms with Crippen LogP contribution in [0, 0.1) is 35.0 Å². The van der Waals surface area contributed by atoms with Crippen LogP contribution in [0.4, 0.5) is 0 Å². The fourth-order valence-corrected chi connectivity index (χ4v) is 3.47. The second kappa shape index (κ2) is 5.48. The quantitative estimate of drug-likeness (QED) is 0.668. The van der Waals surface area contributed by atoms with Gasteiger partial charge in [0, 0.05) is 11.8 Å². The maximum Gasteiger partial charge on any atom is 0.123 e. The van der Waals surface area contributed by atoms with Gasteiger partial charge in [-0.05, 0) is 63.2 Å². The Morgan fingerprint density at radius 1 is 0.875 bits per heavy atom. The van der Waals surface area contributed by atoms with E-state index < -0.39 is 0 Å². The minimum absolute atomic E-state index is 0.322. The second-order valence-corrected chi connectivity index (χ2v) is 5.55. The van der Waals surface area contributed by atoms with Gasteiger partial charge in [-0.3, -0.25) is 0 Å². The Balaban J connectivity index is 1.78. The zero-order valence-electron chi connectivity index (χ0n) is 9.90. The van der Waals surface area contributed by atoms with Crippen LogP contribution in [0.25, 0.3) is 0 Å². The zero-order valence-corrected chi connectivity index (χ0v) is 9.90. The number of carbonyl (C=O) groups is 1. The molecule has 0 heterocycles. The zero-order chi connectivity index (χ0) is 11.4. The van der Waals surface area contributed by atoms with Crippen LogP contribution in [0.1, 0.15) is 51.4 Å². The highest BCUT2D eigenvalue weighted by atomic mass is 16.1. The lowest BCUT2D eigenvalue weighted by atomic mass is 9.69. The van der Waals surface area contributed by atoms with Gasteiger partial charge in [-0.15, -0.1) is 0 Å². The van der Waals surface area contributed by atoms with E-state index in [1.807, 2.05) is 0 Å². The Labute approximate surface area is 98.0 Å². The first-order chi connectivity index (χ1) is 7.83. The fraction of sp³-hybridized carbons (Fsp3) is 0.857. The molecule has 0 aromatic rings. The molecule has 0 radical (unpaired) electrons. The summed E-state index contributed by atoms with van der Waals surface area (Å²) in [6.45, 7) is 0. The van der Waals surface area contributed by atoms with Crippen LogP contribution < -0.4 is 0 Å². The summed E-state index contributed by atoms with van der Waals surface area (Å²) < 4.78 is 0. The maximum absolute atomic E-state index is 10.7. The SMILES string of the molecule is N#C[C@H]1CC[C@H](C2CCC(C=O)CC2)CC1. The van der Waals surface area contributed by atoms with E-state index >= 15 is 0 Å². The van der Waals surface area contributed by atoms with Crippen molar-refractivity contribution in [2.75, 3.05) is 0 Å². The minimum Gasteiger partial charge on any atom is -0.303 e. The van der Waals surface area contributed by atoms with E-state index in [2.05, 4.69) is 6.07 Å². The number of hydrogen-bond acceptors (Lipinski definition) is 2. The van der Waals surface area contributed by atoms with Crippen LogP contribution in [-0.2, 0) is 4.79 Å². The van der Waals surface area contributed by atoms with Crippen molar-refractivity contribution in [3.63, 3.8) is 0 Å². The van der Waals surface area contributed by atoms with Crippen LogP contribution in [-0.4, -0.2) is 6.29 Å². The number of aldehydes is 1. The lowest BCUT2D eigenvalue weighted by Gasteiger charge is -2.35. The van der Waals surface area contributed by atoms with E-state index in [4.69, 9.17) is 5.26 Å². The third-order valence-corrected chi connectivity index (χ3v) is 4.63. The van der Waals surface area contributed by atoms with Crippen LogP contribution in [0.3, 0.4) is 0 Å². The monoisotopic (exact) mass is 219 g/mol. The van der Waals surface area contributed by atoms with Gasteiger partial charge in [0.25, 0.3) is 0 Å². The highest BCUT2D eigenvalue weighted by Gasteiger charge is 2.30. The van der Waals surface area contributed by atoms with E-state index in [1.165, 1.54) is 25.7 Å². The van der Waals surface area contributed by atoms with Gasteiger partial charge in [0.05, 0.1) is 6.07 Å².